The van der Waals surface area contributed by atoms with Gasteiger partial charge in [-0.25, -0.2) is 0 Å². The molecule has 0 aliphatic rings. The number of nitrogens with one attached hydrogen (secondary N) is 1. The minimum atomic E-state index is -0.449. The van der Waals surface area contributed by atoms with Crippen LogP contribution in [0.5, 0.6) is 5.75 Å². The maximum Gasteiger partial charge on any atom is 0.266 e. The van der Waals surface area contributed by atoms with Gasteiger partial charge >= 0.3 is 0 Å². The highest BCUT2D eigenvalue weighted by atomic mass is 79.9. The number of ether oxygens (including phenoxy) is 1. The van der Waals surface area contributed by atoms with Gasteiger partial charge in [-0.2, -0.15) is 5.26 Å². The van der Waals surface area contributed by atoms with Gasteiger partial charge < -0.3 is 10.1 Å². The number of hydrogen-bond acceptors (Lipinski definition) is 4. The molecule has 0 aliphatic carbocycles. The molecule has 2 aromatic rings. The molecule has 2 rings (SSSR count). The number of halogens is 1. The van der Waals surface area contributed by atoms with Gasteiger partial charge in [-0.1, -0.05) is 6.07 Å². The van der Waals surface area contributed by atoms with Crippen molar-refractivity contribution in [2.75, 3.05) is 12.4 Å². The molecule has 0 saturated heterocycles. The van der Waals surface area contributed by atoms with Gasteiger partial charge in [0.2, 0.25) is 0 Å². The molecule has 0 radical (unpaired) electrons. The van der Waals surface area contributed by atoms with Crippen molar-refractivity contribution in [1.82, 2.24) is 0 Å². The molecule has 0 unspecified atom stereocenters. The zero-order chi connectivity index (χ0) is 15.2. The third-order valence-electron chi connectivity index (χ3n) is 2.57. The quantitative estimate of drug-likeness (QED) is 0.658. The van der Waals surface area contributed by atoms with E-state index < -0.39 is 5.91 Å². The largest absolute Gasteiger partial charge is 0.497 e. The number of rotatable bonds is 4. The van der Waals surface area contributed by atoms with Gasteiger partial charge in [-0.3, -0.25) is 4.79 Å². The van der Waals surface area contributed by atoms with Gasteiger partial charge in [0, 0.05) is 16.6 Å². The van der Waals surface area contributed by atoms with Crippen molar-refractivity contribution in [2.24, 2.45) is 0 Å². The van der Waals surface area contributed by atoms with Crippen molar-refractivity contribution in [1.29, 1.82) is 5.26 Å². The predicted octanol–water partition coefficient (Wildman–Crippen LogP) is 4.06. The maximum absolute atomic E-state index is 12.1. The molecular formula is C15H11BrN2O2S. The standard InChI is InChI=1S/C15H11BrN2O2S/c1-20-12-4-2-3-11(8-12)18-15(19)10(9-17)7-13-5-6-14(16)21-13/h2-8H,1H3,(H,18,19)/b10-7+. The van der Waals surface area contributed by atoms with Crippen molar-refractivity contribution in [2.45, 2.75) is 0 Å². The first-order chi connectivity index (χ1) is 10.1. The number of nitriles is 1. The van der Waals surface area contributed by atoms with Crippen LogP contribution in [0, 0.1) is 11.3 Å². The Morgan fingerprint density at radius 1 is 1.43 bits per heavy atom. The summed E-state index contributed by atoms with van der Waals surface area (Å²) in [7, 11) is 1.55. The van der Waals surface area contributed by atoms with Crippen molar-refractivity contribution in [3.8, 4) is 11.8 Å². The molecule has 0 bridgehead atoms. The molecule has 106 valence electrons. The summed E-state index contributed by atoms with van der Waals surface area (Å²) in [4.78, 5) is 12.9. The molecule has 6 heteroatoms. The van der Waals surface area contributed by atoms with Crippen LogP contribution in [0.25, 0.3) is 6.08 Å². The first kappa shape index (κ1) is 15.3. The molecule has 0 spiro atoms. The summed E-state index contributed by atoms with van der Waals surface area (Å²) in [5.41, 5.74) is 0.625. The minimum absolute atomic E-state index is 0.0483. The third-order valence-corrected chi connectivity index (χ3v) is 4.14. The number of thiophene rings is 1. The number of hydrogen-bond donors (Lipinski definition) is 1. The highest BCUT2D eigenvalue weighted by Gasteiger charge is 2.10. The summed E-state index contributed by atoms with van der Waals surface area (Å²) < 4.78 is 6.03. The Bertz CT molecular complexity index is 731. The summed E-state index contributed by atoms with van der Waals surface area (Å²) in [6.45, 7) is 0. The monoisotopic (exact) mass is 362 g/mol. The topological polar surface area (TPSA) is 62.1 Å². The number of methoxy groups -OCH3 is 1. The lowest BCUT2D eigenvalue weighted by Crippen LogP contribution is -2.13. The Morgan fingerprint density at radius 2 is 2.24 bits per heavy atom. The van der Waals surface area contributed by atoms with Crippen LogP contribution in [0.15, 0.2) is 45.8 Å². The van der Waals surface area contributed by atoms with Crippen LogP contribution in [-0.2, 0) is 4.79 Å². The SMILES string of the molecule is COc1cccc(NC(=O)/C(C#N)=C/c2ccc(Br)s2)c1. The first-order valence-corrected chi connectivity index (χ1v) is 7.56. The fourth-order valence-electron chi connectivity index (χ4n) is 1.60. The van der Waals surface area contributed by atoms with E-state index in [0.717, 1.165) is 8.66 Å². The summed E-state index contributed by atoms with van der Waals surface area (Å²) >= 11 is 4.79. The van der Waals surface area contributed by atoms with E-state index in [4.69, 9.17) is 10.00 Å². The van der Waals surface area contributed by atoms with Crippen LogP contribution in [0.1, 0.15) is 4.88 Å². The van der Waals surface area contributed by atoms with Crippen LogP contribution in [-0.4, -0.2) is 13.0 Å². The van der Waals surface area contributed by atoms with Crippen LogP contribution < -0.4 is 10.1 Å². The predicted molar refractivity (Wildman–Crippen MR) is 87.2 cm³/mol. The Morgan fingerprint density at radius 3 is 2.86 bits per heavy atom. The van der Waals surface area contributed by atoms with Crippen molar-refractivity contribution >= 4 is 44.9 Å². The van der Waals surface area contributed by atoms with Crippen LogP contribution >= 0.6 is 27.3 Å². The third kappa shape index (κ3) is 4.18. The maximum atomic E-state index is 12.1. The van der Waals surface area contributed by atoms with E-state index in [9.17, 15) is 4.79 Å². The van der Waals surface area contributed by atoms with Crippen molar-refractivity contribution in [3.63, 3.8) is 0 Å². The van der Waals surface area contributed by atoms with Gasteiger partial charge in [-0.15, -0.1) is 11.3 Å². The van der Waals surface area contributed by atoms with Gasteiger partial charge in [0.05, 0.1) is 10.9 Å². The number of nitrogens with zero attached hydrogens (tertiary/aromatic N) is 1. The molecule has 0 saturated carbocycles. The molecule has 1 amide bonds. The summed E-state index contributed by atoms with van der Waals surface area (Å²) in [5.74, 6) is 0.188. The summed E-state index contributed by atoms with van der Waals surface area (Å²) in [6, 6.07) is 12.6. The molecule has 1 aromatic heterocycles. The Balaban J connectivity index is 2.17. The van der Waals surface area contributed by atoms with E-state index in [-0.39, 0.29) is 5.57 Å². The van der Waals surface area contributed by atoms with E-state index in [0.29, 0.717) is 11.4 Å². The second-order valence-corrected chi connectivity index (χ2v) is 6.49. The normalized spacial score (nSPS) is 10.8. The molecule has 4 nitrogen and oxygen atoms in total. The summed E-state index contributed by atoms with van der Waals surface area (Å²) in [5, 5.41) is 11.8. The summed E-state index contributed by atoms with van der Waals surface area (Å²) in [6.07, 6.45) is 1.56. The second kappa shape index (κ2) is 7.07. The molecular weight excluding hydrogens is 352 g/mol. The smallest absolute Gasteiger partial charge is 0.266 e. The van der Waals surface area contributed by atoms with Gasteiger partial charge in [0.1, 0.15) is 17.4 Å². The lowest BCUT2D eigenvalue weighted by atomic mass is 10.2. The van der Waals surface area contributed by atoms with Gasteiger partial charge in [-0.05, 0) is 46.3 Å². The Hall–Kier alpha value is -2.10. The molecule has 1 N–H and O–H groups in total. The highest BCUT2D eigenvalue weighted by Crippen LogP contribution is 2.24. The van der Waals surface area contributed by atoms with E-state index >= 15 is 0 Å². The molecule has 1 aromatic carbocycles. The molecule has 0 fully saturated rings. The van der Waals surface area contributed by atoms with Crippen LogP contribution in [0.3, 0.4) is 0 Å². The Labute approximate surface area is 134 Å². The first-order valence-electron chi connectivity index (χ1n) is 5.95. The zero-order valence-corrected chi connectivity index (χ0v) is 13.5. The average molecular weight is 363 g/mol. The highest BCUT2D eigenvalue weighted by molar-refractivity contribution is 9.11. The van der Waals surface area contributed by atoms with Gasteiger partial charge in [0.25, 0.3) is 5.91 Å². The molecule has 0 atom stereocenters. The van der Waals surface area contributed by atoms with E-state index in [2.05, 4.69) is 21.2 Å². The lowest BCUT2D eigenvalue weighted by Gasteiger charge is -2.06. The second-order valence-electron chi connectivity index (χ2n) is 4.00. The zero-order valence-electron chi connectivity index (χ0n) is 11.1. The van der Waals surface area contributed by atoms with Crippen molar-refractivity contribution < 1.29 is 9.53 Å². The van der Waals surface area contributed by atoms with Gasteiger partial charge in [0.15, 0.2) is 0 Å². The van der Waals surface area contributed by atoms with E-state index in [1.807, 2.05) is 18.2 Å². The number of carbonyl (C=O) groups is 1. The number of benzene rings is 1. The molecule has 0 aliphatic heterocycles. The fourth-order valence-corrected chi connectivity index (χ4v) is 2.96. The average Bonchev–Trinajstić information content (AvgIpc) is 2.90. The minimum Gasteiger partial charge on any atom is -0.497 e. The fraction of sp³-hybridized carbons (Fsp3) is 0.0667. The molecule has 21 heavy (non-hydrogen) atoms. The number of amides is 1. The van der Waals surface area contributed by atoms with E-state index in [1.54, 1.807) is 37.5 Å². The number of carbonyl (C=O) groups excluding carboxylic acids is 1. The van der Waals surface area contributed by atoms with Crippen LogP contribution in [0.2, 0.25) is 0 Å². The van der Waals surface area contributed by atoms with Crippen molar-refractivity contribution in [3.05, 3.63) is 50.6 Å². The van der Waals surface area contributed by atoms with Crippen LogP contribution in [0.4, 0.5) is 5.69 Å². The Kier molecular flexibility index (Phi) is 5.14. The van der Waals surface area contributed by atoms with E-state index in [1.165, 1.54) is 11.3 Å². The lowest BCUT2D eigenvalue weighted by molar-refractivity contribution is -0.112. The number of anilines is 1. The molecule has 1 heterocycles.